The van der Waals surface area contributed by atoms with Crippen LogP contribution in [0.25, 0.3) is 0 Å². The van der Waals surface area contributed by atoms with Crippen molar-refractivity contribution in [1.82, 2.24) is 0 Å². The SMILES string of the molecule is C[C@@H]1OCCC(C)(C)[C@H]1C. The summed E-state index contributed by atoms with van der Waals surface area (Å²) in [5.74, 6) is 0.696. The molecule has 1 heterocycles. The predicted molar refractivity (Wildman–Crippen MR) is 43.0 cm³/mol. The molecule has 1 rings (SSSR count). The van der Waals surface area contributed by atoms with Crippen LogP contribution >= 0.6 is 0 Å². The van der Waals surface area contributed by atoms with Gasteiger partial charge < -0.3 is 4.74 Å². The molecule has 10 heavy (non-hydrogen) atoms. The third kappa shape index (κ3) is 1.34. The van der Waals surface area contributed by atoms with Crippen LogP contribution in [0.2, 0.25) is 0 Å². The Bertz CT molecular complexity index is 118. The Kier molecular flexibility index (Phi) is 2.04. The molecule has 1 heteroatoms. The summed E-state index contributed by atoms with van der Waals surface area (Å²) < 4.78 is 5.53. The fourth-order valence-corrected chi connectivity index (χ4v) is 1.52. The fraction of sp³-hybridized carbons (Fsp3) is 1.00. The Morgan fingerprint density at radius 3 is 2.30 bits per heavy atom. The minimum atomic E-state index is 0.448. The maximum absolute atomic E-state index is 5.53. The summed E-state index contributed by atoms with van der Waals surface area (Å²) in [6.07, 6.45) is 1.65. The van der Waals surface area contributed by atoms with Gasteiger partial charge in [0.2, 0.25) is 0 Å². The van der Waals surface area contributed by atoms with Gasteiger partial charge in [-0.05, 0) is 24.7 Å². The Balaban J connectivity index is 2.60. The van der Waals surface area contributed by atoms with Crippen LogP contribution in [0.4, 0.5) is 0 Å². The van der Waals surface area contributed by atoms with Crippen LogP contribution in [0.3, 0.4) is 0 Å². The molecule has 0 amide bonds. The van der Waals surface area contributed by atoms with E-state index in [4.69, 9.17) is 4.74 Å². The van der Waals surface area contributed by atoms with Crippen molar-refractivity contribution in [2.45, 2.75) is 40.2 Å². The lowest BCUT2D eigenvalue weighted by Crippen LogP contribution is -2.38. The van der Waals surface area contributed by atoms with E-state index < -0.39 is 0 Å². The first-order chi connectivity index (χ1) is 4.54. The summed E-state index contributed by atoms with van der Waals surface area (Å²) in [5, 5.41) is 0. The van der Waals surface area contributed by atoms with Crippen molar-refractivity contribution in [3.63, 3.8) is 0 Å². The van der Waals surface area contributed by atoms with E-state index in [0.717, 1.165) is 6.61 Å². The van der Waals surface area contributed by atoms with Gasteiger partial charge in [-0.1, -0.05) is 20.8 Å². The number of ether oxygens (including phenoxy) is 1. The summed E-state index contributed by atoms with van der Waals surface area (Å²) in [6.45, 7) is 10.1. The molecule has 60 valence electrons. The van der Waals surface area contributed by atoms with E-state index in [1.54, 1.807) is 0 Å². The second-order valence-corrected chi connectivity index (χ2v) is 4.10. The standard InChI is InChI=1S/C9H18O/c1-7-8(2)10-6-5-9(7,3)4/h7-8H,5-6H2,1-4H3/t7-,8-/m0/s1. The van der Waals surface area contributed by atoms with Gasteiger partial charge in [0, 0.05) is 6.61 Å². The zero-order chi connectivity index (χ0) is 7.78. The van der Waals surface area contributed by atoms with Gasteiger partial charge in [0.05, 0.1) is 6.10 Å². The molecule has 0 spiro atoms. The molecule has 0 saturated carbocycles. The first kappa shape index (κ1) is 8.06. The van der Waals surface area contributed by atoms with Crippen molar-refractivity contribution in [1.29, 1.82) is 0 Å². The summed E-state index contributed by atoms with van der Waals surface area (Å²) in [7, 11) is 0. The Labute approximate surface area is 63.8 Å². The van der Waals surface area contributed by atoms with E-state index in [1.807, 2.05) is 0 Å². The van der Waals surface area contributed by atoms with E-state index >= 15 is 0 Å². The highest BCUT2D eigenvalue weighted by Crippen LogP contribution is 2.37. The molecule has 2 atom stereocenters. The average Bonchev–Trinajstić information content (AvgIpc) is 1.83. The molecule has 0 aromatic carbocycles. The normalized spacial score (nSPS) is 39.6. The highest BCUT2D eigenvalue weighted by Gasteiger charge is 2.33. The topological polar surface area (TPSA) is 9.23 Å². The highest BCUT2D eigenvalue weighted by molar-refractivity contribution is 4.82. The van der Waals surface area contributed by atoms with Gasteiger partial charge in [0.15, 0.2) is 0 Å². The molecule has 0 aliphatic carbocycles. The van der Waals surface area contributed by atoms with E-state index in [2.05, 4.69) is 27.7 Å². The van der Waals surface area contributed by atoms with Gasteiger partial charge >= 0.3 is 0 Å². The van der Waals surface area contributed by atoms with Crippen LogP contribution in [-0.4, -0.2) is 12.7 Å². The zero-order valence-corrected chi connectivity index (χ0v) is 7.48. The third-order valence-electron chi connectivity index (χ3n) is 3.06. The van der Waals surface area contributed by atoms with Crippen LogP contribution in [0.15, 0.2) is 0 Å². The molecule has 1 fully saturated rings. The molecule has 0 N–H and O–H groups in total. The molecular weight excluding hydrogens is 124 g/mol. The highest BCUT2D eigenvalue weighted by atomic mass is 16.5. The van der Waals surface area contributed by atoms with Crippen LogP contribution in [-0.2, 0) is 4.74 Å². The van der Waals surface area contributed by atoms with Crippen molar-refractivity contribution in [2.75, 3.05) is 6.61 Å². The monoisotopic (exact) mass is 142 g/mol. The van der Waals surface area contributed by atoms with Gasteiger partial charge in [-0.3, -0.25) is 0 Å². The van der Waals surface area contributed by atoms with E-state index in [1.165, 1.54) is 6.42 Å². The summed E-state index contributed by atoms with van der Waals surface area (Å²) >= 11 is 0. The molecule has 1 saturated heterocycles. The Morgan fingerprint density at radius 2 is 1.90 bits per heavy atom. The fourth-order valence-electron chi connectivity index (χ4n) is 1.52. The third-order valence-corrected chi connectivity index (χ3v) is 3.06. The Hall–Kier alpha value is -0.0400. The van der Waals surface area contributed by atoms with Crippen molar-refractivity contribution < 1.29 is 4.74 Å². The molecule has 1 nitrogen and oxygen atoms in total. The number of rotatable bonds is 0. The first-order valence-corrected chi connectivity index (χ1v) is 4.15. The molecule has 0 radical (unpaired) electrons. The van der Waals surface area contributed by atoms with Crippen LogP contribution in [0.5, 0.6) is 0 Å². The molecule has 0 bridgehead atoms. The maximum atomic E-state index is 5.53. The smallest absolute Gasteiger partial charge is 0.0577 e. The summed E-state index contributed by atoms with van der Waals surface area (Å²) in [4.78, 5) is 0. The summed E-state index contributed by atoms with van der Waals surface area (Å²) in [5.41, 5.74) is 0.484. The average molecular weight is 142 g/mol. The summed E-state index contributed by atoms with van der Waals surface area (Å²) in [6, 6.07) is 0. The molecular formula is C9H18O. The van der Waals surface area contributed by atoms with Crippen molar-refractivity contribution in [3.8, 4) is 0 Å². The van der Waals surface area contributed by atoms with Gasteiger partial charge in [0.1, 0.15) is 0 Å². The zero-order valence-electron chi connectivity index (χ0n) is 7.48. The quantitative estimate of drug-likeness (QED) is 0.505. The van der Waals surface area contributed by atoms with Crippen molar-refractivity contribution >= 4 is 0 Å². The number of hydrogen-bond donors (Lipinski definition) is 0. The molecule has 0 aromatic heterocycles. The molecule has 0 aromatic rings. The lowest BCUT2D eigenvalue weighted by molar-refractivity contribution is -0.0718. The number of hydrogen-bond acceptors (Lipinski definition) is 1. The minimum Gasteiger partial charge on any atom is -0.378 e. The van der Waals surface area contributed by atoms with E-state index in [0.29, 0.717) is 17.4 Å². The minimum absolute atomic E-state index is 0.448. The van der Waals surface area contributed by atoms with E-state index in [-0.39, 0.29) is 0 Å². The van der Waals surface area contributed by atoms with Crippen LogP contribution in [0, 0.1) is 11.3 Å². The Morgan fingerprint density at radius 1 is 1.30 bits per heavy atom. The van der Waals surface area contributed by atoms with Crippen molar-refractivity contribution in [2.24, 2.45) is 11.3 Å². The molecule has 1 aliphatic rings. The van der Waals surface area contributed by atoms with Crippen molar-refractivity contribution in [3.05, 3.63) is 0 Å². The predicted octanol–water partition coefficient (Wildman–Crippen LogP) is 2.46. The molecule has 0 unspecified atom stereocenters. The van der Waals surface area contributed by atoms with Gasteiger partial charge in [-0.2, -0.15) is 0 Å². The lowest BCUT2D eigenvalue weighted by atomic mass is 9.73. The van der Waals surface area contributed by atoms with Gasteiger partial charge in [-0.25, -0.2) is 0 Å². The second kappa shape index (κ2) is 2.54. The van der Waals surface area contributed by atoms with E-state index in [9.17, 15) is 0 Å². The molecule has 1 aliphatic heterocycles. The second-order valence-electron chi connectivity index (χ2n) is 4.10. The van der Waals surface area contributed by atoms with Crippen LogP contribution < -0.4 is 0 Å². The van der Waals surface area contributed by atoms with Crippen LogP contribution in [0.1, 0.15) is 34.1 Å². The van der Waals surface area contributed by atoms with Gasteiger partial charge in [0.25, 0.3) is 0 Å². The van der Waals surface area contributed by atoms with Gasteiger partial charge in [-0.15, -0.1) is 0 Å². The lowest BCUT2D eigenvalue weighted by Gasteiger charge is -2.40. The largest absolute Gasteiger partial charge is 0.378 e. The first-order valence-electron chi connectivity index (χ1n) is 4.15. The maximum Gasteiger partial charge on any atom is 0.0577 e.